The zero-order valence-electron chi connectivity index (χ0n) is 47.5. The quantitative estimate of drug-likeness (QED) is 0.0161. The molecular formula is C53H69N9O21P3S2+. The summed E-state index contributed by atoms with van der Waals surface area (Å²) in [5, 5.41) is 25.8. The number of aliphatic hydroxyl groups is 2. The molecule has 1 fully saturated rings. The molecule has 2 aromatic heterocycles. The van der Waals surface area contributed by atoms with Crippen molar-refractivity contribution >= 4 is 77.9 Å². The first-order valence-electron chi connectivity index (χ1n) is 29.0. The molecule has 0 bridgehead atoms. The van der Waals surface area contributed by atoms with Crippen LogP contribution in [0.4, 0.5) is 11.6 Å². The number of benzene rings is 3. The number of nitrogens with one attached hydrogen (secondary N) is 3. The van der Waals surface area contributed by atoms with Gasteiger partial charge in [0.25, 0.3) is 15.7 Å². The number of sulfonamides is 1. The zero-order valence-corrected chi connectivity index (χ0v) is 51.8. The summed E-state index contributed by atoms with van der Waals surface area (Å²) in [6.07, 6.45) is 4.49. The SMILES string of the molecule is Nc1nc2c(ncn2[C@@H]2O[C@H](COP(=O)(O)OP(=O)(O)OP(=O)(O)OCCCCCCNC(=O)CCCCCNS(=O)(=O)c3ccc(C4=c5cc6c7c(c5Oc5c4cc4c8c5CCCN8CCC4)CCC[N+]=7CCC6)c(S(=O)(=O)O)c3)[C@@H](O)[C@H]2O)c(=O)[nH]1. The van der Waals surface area contributed by atoms with Crippen LogP contribution < -0.4 is 46.1 Å². The number of carbonyl (C=O) groups excluding carboxylic acids is 1. The highest BCUT2D eigenvalue weighted by molar-refractivity contribution is 7.89. The summed E-state index contributed by atoms with van der Waals surface area (Å²) in [5.41, 5.74) is 11.7. The molecule has 478 valence electrons. The Labute approximate surface area is 504 Å². The van der Waals surface area contributed by atoms with E-state index in [9.17, 15) is 69.6 Å². The van der Waals surface area contributed by atoms with Gasteiger partial charge in [-0.3, -0.25) is 32.7 Å². The van der Waals surface area contributed by atoms with E-state index >= 15 is 0 Å². The normalized spacial score (nSPS) is 21.8. The van der Waals surface area contributed by atoms with Crippen LogP contribution in [0.1, 0.15) is 117 Å². The van der Waals surface area contributed by atoms with Crippen molar-refractivity contribution in [3.8, 4) is 11.5 Å². The number of nitrogen functional groups attached to an aromatic ring is 1. The summed E-state index contributed by atoms with van der Waals surface area (Å²) in [6.45, 7) is 2.53. The Morgan fingerprint density at radius 1 is 0.807 bits per heavy atom. The Balaban J connectivity index is 0.611. The number of ether oxygens (including phenoxy) is 2. The number of amides is 1. The van der Waals surface area contributed by atoms with Crippen molar-refractivity contribution in [2.45, 2.75) is 137 Å². The first kappa shape index (κ1) is 64.2. The van der Waals surface area contributed by atoms with Crippen molar-refractivity contribution in [3.63, 3.8) is 0 Å². The Kier molecular flexibility index (Phi) is 18.8. The summed E-state index contributed by atoms with van der Waals surface area (Å²) < 4.78 is 139. The van der Waals surface area contributed by atoms with E-state index in [1.165, 1.54) is 23.2 Å². The Morgan fingerprint density at radius 2 is 1.50 bits per heavy atom. The molecule has 35 heteroatoms. The van der Waals surface area contributed by atoms with E-state index in [-0.39, 0.29) is 52.9 Å². The van der Waals surface area contributed by atoms with Crippen molar-refractivity contribution in [1.29, 1.82) is 0 Å². The van der Waals surface area contributed by atoms with Gasteiger partial charge in [-0.1, -0.05) is 25.3 Å². The number of fused-ring (bicyclic) bond motifs is 5. The molecule has 3 unspecified atom stereocenters. The minimum Gasteiger partial charge on any atom is -0.455 e. The lowest BCUT2D eigenvalue weighted by molar-refractivity contribution is -0.121. The third-order valence-electron chi connectivity index (χ3n) is 16.4. The van der Waals surface area contributed by atoms with E-state index in [1.807, 2.05) is 0 Å². The lowest BCUT2D eigenvalue weighted by atomic mass is 9.82. The fourth-order valence-corrected chi connectivity index (χ4v) is 18.0. The van der Waals surface area contributed by atoms with Crippen molar-refractivity contribution < 1.29 is 91.9 Å². The van der Waals surface area contributed by atoms with Crippen LogP contribution in [0.5, 0.6) is 11.5 Å². The van der Waals surface area contributed by atoms with Crippen molar-refractivity contribution in [1.82, 2.24) is 34.1 Å². The highest BCUT2D eigenvalue weighted by atomic mass is 32.2. The molecule has 11 rings (SSSR count). The number of phosphoric acid groups is 3. The van der Waals surface area contributed by atoms with Crippen LogP contribution in [0, 0.1) is 0 Å². The average Bonchev–Trinajstić information content (AvgIpc) is 0.951. The number of aromatic amines is 1. The van der Waals surface area contributed by atoms with Gasteiger partial charge in [0.2, 0.25) is 27.2 Å². The van der Waals surface area contributed by atoms with Crippen molar-refractivity contribution in [2.75, 3.05) is 63.1 Å². The number of nitrogens with zero attached hydrogens (tertiary/aromatic N) is 5. The van der Waals surface area contributed by atoms with Crippen LogP contribution in [0.2, 0.25) is 0 Å². The standard InChI is InChI=1S/C53H68N9O21P3S2/c54-53-58-50-43(51(66)59-53)56-30-62(50)52-47(65)46(64)39(80-52)29-79-85(69,70)83-86(71,72)82-84(67,68)78-25-7-2-1-5-19-55-41(63)16-4-3-6-20-57-87(73,74)33-17-18-34(40(28-33)88(75,76)77)42-37-26-31-12-8-21-60-23-10-14-35(44(31)60)48(37)81-49-36-15-11-24-61-22-9-13-32(45(36)61)27-38(42)49/h17-18,26-28,30,39,46-47,52,57,64-65H,1-16,19-25,29H2,(H7-,54,55,58,59,63,66,67,68,69,70,71,72,75,76,77)/p+1/t39-,46-,47-,52-/m1/s1. The third kappa shape index (κ3) is 13.8. The van der Waals surface area contributed by atoms with Crippen molar-refractivity contribution in [2.24, 2.45) is 0 Å². The molecule has 11 N–H and O–H groups in total. The van der Waals surface area contributed by atoms with Crippen LogP contribution >= 0.6 is 23.5 Å². The lowest BCUT2D eigenvalue weighted by Gasteiger charge is -2.39. The number of imidazole rings is 1. The minimum atomic E-state index is -5.85. The van der Waals surface area contributed by atoms with Crippen molar-refractivity contribution in [3.05, 3.63) is 91.0 Å². The van der Waals surface area contributed by atoms with Gasteiger partial charge in [-0.05, 0) is 94.0 Å². The largest absolute Gasteiger partial charge is 0.490 e. The molecule has 0 saturated carbocycles. The number of nitrogens with two attached hydrogens (primary N) is 1. The third-order valence-corrected chi connectivity index (χ3v) is 23.0. The lowest BCUT2D eigenvalue weighted by Crippen LogP contribution is -2.45. The maximum Gasteiger partial charge on any atom is 0.490 e. The number of anilines is 2. The molecule has 5 aromatic rings. The first-order valence-corrected chi connectivity index (χ1v) is 36.4. The molecule has 1 saturated heterocycles. The number of hydrogen-bond acceptors (Lipinski definition) is 21. The number of aromatic nitrogens is 4. The summed E-state index contributed by atoms with van der Waals surface area (Å²) >= 11 is 0. The van der Waals surface area contributed by atoms with Gasteiger partial charge in [-0.15, -0.1) is 0 Å². The molecule has 8 heterocycles. The first-order chi connectivity index (χ1) is 41.8. The van der Waals surface area contributed by atoms with E-state index in [0.717, 1.165) is 128 Å². The highest BCUT2D eigenvalue weighted by Crippen LogP contribution is 2.68. The van der Waals surface area contributed by atoms with Gasteiger partial charge in [0, 0.05) is 84.2 Å². The van der Waals surface area contributed by atoms with Crippen LogP contribution in [-0.4, -0.2) is 143 Å². The van der Waals surface area contributed by atoms with Gasteiger partial charge in [0.15, 0.2) is 17.4 Å². The second-order valence-electron chi connectivity index (χ2n) is 22.5. The number of H-pyrrole nitrogens is 1. The molecule has 0 aliphatic carbocycles. The highest BCUT2D eigenvalue weighted by Gasteiger charge is 2.48. The van der Waals surface area contributed by atoms with E-state index in [4.69, 9.17) is 19.7 Å². The van der Waals surface area contributed by atoms with Gasteiger partial charge < -0.3 is 50.3 Å². The molecule has 0 spiro atoms. The van der Waals surface area contributed by atoms with Crippen LogP contribution in [0.3, 0.4) is 0 Å². The van der Waals surface area contributed by atoms with E-state index in [0.29, 0.717) is 62.1 Å². The second kappa shape index (κ2) is 25.7. The number of aliphatic hydroxyl groups excluding tert-OH is 2. The maximum absolute atomic E-state index is 13.8. The van der Waals surface area contributed by atoms with E-state index < -0.39 is 91.8 Å². The van der Waals surface area contributed by atoms with Crippen LogP contribution in [0.25, 0.3) is 16.7 Å². The summed E-state index contributed by atoms with van der Waals surface area (Å²) in [7, 11) is -26.1. The Bertz CT molecular complexity index is 4160. The fraction of sp³-hybridized carbons (Fsp3) is 0.528. The molecule has 1 amide bonds. The number of unbranched alkanes of at least 4 members (excludes halogenated alkanes) is 5. The summed E-state index contributed by atoms with van der Waals surface area (Å²) in [4.78, 5) is 66.4. The van der Waals surface area contributed by atoms with Gasteiger partial charge in [-0.2, -0.15) is 22.0 Å². The molecule has 3 aromatic carbocycles. The van der Waals surface area contributed by atoms with Gasteiger partial charge >= 0.3 is 23.5 Å². The fourth-order valence-electron chi connectivity index (χ4n) is 12.6. The molecule has 88 heavy (non-hydrogen) atoms. The second-order valence-corrected chi connectivity index (χ2v) is 30.3. The molecule has 7 atom stereocenters. The topological polar surface area (TPSA) is 433 Å². The smallest absolute Gasteiger partial charge is 0.455 e. The number of aryl methyl sites for hydroxylation is 2. The zero-order chi connectivity index (χ0) is 62.5. The maximum atomic E-state index is 13.8. The summed E-state index contributed by atoms with van der Waals surface area (Å²) in [5.74, 6) is 0.815. The van der Waals surface area contributed by atoms with Gasteiger partial charge in [0.05, 0.1) is 30.0 Å². The average molecular weight is 1330 g/mol. The monoisotopic (exact) mass is 1320 g/mol. The Morgan fingerprint density at radius 3 is 2.27 bits per heavy atom. The number of carbonyl (C=O) groups is 1. The van der Waals surface area contributed by atoms with E-state index in [2.05, 4.69) is 59.7 Å². The minimum absolute atomic E-state index is 0.0144. The van der Waals surface area contributed by atoms with Crippen LogP contribution in [0.15, 0.2) is 51.2 Å². The molecule has 30 nitrogen and oxygen atoms in total. The number of phosphoric ester groups is 2. The number of rotatable bonds is 26. The van der Waals surface area contributed by atoms with Gasteiger partial charge in [-0.25, -0.2) is 36.4 Å². The van der Waals surface area contributed by atoms with Gasteiger partial charge in [0.1, 0.15) is 47.8 Å². The molecule has 0 radical (unpaired) electrons. The summed E-state index contributed by atoms with van der Waals surface area (Å²) in [6, 6.07) is 8.05. The van der Waals surface area contributed by atoms with Crippen LogP contribution in [-0.2, 0) is 86.7 Å². The molecular weight excluding hydrogens is 1260 g/mol. The predicted molar refractivity (Wildman–Crippen MR) is 314 cm³/mol. The number of hydrogen-bond donors (Lipinski definition) is 10. The predicted octanol–water partition coefficient (Wildman–Crippen LogP) is 2.59. The van der Waals surface area contributed by atoms with E-state index in [1.54, 1.807) is 0 Å². The Hall–Kier alpha value is -5.34. The molecule has 6 aliphatic heterocycles. The molecule has 6 aliphatic rings.